The van der Waals surface area contributed by atoms with E-state index in [2.05, 4.69) is 47.6 Å². The van der Waals surface area contributed by atoms with Gasteiger partial charge in [-0.15, -0.1) is 0 Å². The molecule has 1 aliphatic heterocycles. The monoisotopic (exact) mass is 397 g/mol. The van der Waals surface area contributed by atoms with Crippen LogP contribution < -0.4 is 10.6 Å². The van der Waals surface area contributed by atoms with Crippen molar-refractivity contribution in [1.82, 2.24) is 15.5 Å². The highest BCUT2D eigenvalue weighted by atomic mass is 16.3. The Bertz CT molecular complexity index is 793. The van der Waals surface area contributed by atoms with Gasteiger partial charge >= 0.3 is 0 Å². The summed E-state index contributed by atoms with van der Waals surface area (Å²) in [4.78, 5) is 26.5. The Hall–Kier alpha value is -2.60. The van der Waals surface area contributed by atoms with Crippen LogP contribution in [0.2, 0.25) is 0 Å². The quantitative estimate of drug-likeness (QED) is 0.717. The molecule has 29 heavy (non-hydrogen) atoms. The first kappa shape index (κ1) is 21.1. The predicted octanol–water partition coefficient (Wildman–Crippen LogP) is 3.19. The molecule has 3 rings (SSSR count). The van der Waals surface area contributed by atoms with Crippen LogP contribution in [0, 0.1) is 11.8 Å². The lowest BCUT2D eigenvalue weighted by Crippen LogP contribution is -2.38. The molecule has 1 aromatic carbocycles. The highest BCUT2D eigenvalue weighted by Gasteiger charge is 2.22. The minimum Gasteiger partial charge on any atom is -0.459 e. The summed E-state index contributed by atoms with van der Waals surface area (Å²) in [6.45, 7) is 8.58. The van der Waals surface area contributed by atoms with Gasteiger partial charge in [0.15, 0.2) is 5.76 Å². The van der Waals surface area contributed by atoms with E-state index in [1.807, 2.05) is 6.07 Å². The van der Waals surface area contributed by atoms with Gasteiger partial charge in [0.2, 0.25) is 5.91 Å². The van der Waals surface area contributed by atoms with Crippen LogP contribution in [0.3, 0.4) is 0 Å². The second-order valence-electron chi connectivity index (χ2n) is 8.17. The first-order chi connectivity index (χ1) is 14.0. The molecule has 0 bridgehead atoms. The van der Waals surface area contributed by atoms with Gasteiger partial charge < -0.3 is 15.1 Å². The molecule has 2 heterocycles. The fourth-order valence-corrected chi connectivity index (χ4v) is 4.11. The fourth-order valence-electron chi connectivity index (χ4n) is 4.11. The summed E-state index contributed by atoms with van der Waals surface area (Å²) in [6.07, 6.45) is 2.98. The van der Waals surface area contributed by atoms with Gasteiger partial charge in [0.05, 0.1) is 6.26 Å². The smallest absolute Gasteiger partial charge is 0.286 e. The number of furan rings is 1. The summed E-state index contributed by atoms with van der Waals surface area (Å²) in [6, 6.07) is 11.5. The highest BCUT2D eigenvalue weighted by Crippen LogP contribution is 2.23. The first-order valence-electron chi connectivity index (χ1n) is 10.4. The van der Waals surface area contributed by atoms with Crippen molar-refractivity contribution in [2.45, 2.75) is 39.8 Å². The number of nitrogens with one attached hydrogen (secondary N) is 2. The van der Waals surface area contributed by atoms with Crippen LogP contribution >= 0.6 is 0 Å². The summed E-state index contributed by atoms with van der Waals surface area (Å²) in [7, 11) is 0. The van der Waals surface area contributed by atoms with Gasteiger partial charge in [-0.1, -0.05) is 38.1 Å². The third kappa shape index (κ3) is 6.46. The van der Waals surface area contributed by atoms with Crippen LogP contribution in [-0.2, 0) is 17.9 Å². The third-order valence-corrected chi connectivity index (χ3v) is 5.32. The maximum absolute atomic E-state index is 12.2. The average molecular weight is 398 g/mol. The minimum atomic E-state index is -0.307. The zero-order valence-corrected chi connectivity index (χ0v) is 17.3. The molecule has 2 atom stereocenters. The van der Waals surface area contributed by atoms with Crippen molar-refractivity contribution in [2.75, 3.05) is 19.6 Å². The molecule has 1 aromatic heterocycles. The van der Waals surface area contributed by atoms with Crippen molar-refractivity contribution >= 4 is 11.8 Å². The minimum absolute atomic E-state index is 0.0836. The summed E-state index contributed by atoms with van der Waals surface area (Å²) in [5, 5.41) is 5.66. The molecule has 2 N–H and O–H groups in total. The van der Waals surface area contributed by atoms with Crippen molar-refractivity contribution in [1.29, 1.82) is 0 Å². The Kier molecular flexibility index (Phi) is 7.47. The molecule has 0 saturated carbocycles. The topological polar surface area (TPSA) is 74.6 Å². The summed E-state index contributed by atoms with van der Waals surface area (Å²) in [5.74, 6) is 1.31. The number of amides is 2. The Morgan fingerprint density at radius 1 is 1.03 bits per heavy atom. The maximum atomic E-state index is 12.2. The lowest BCUT2D eigenvalue weighted by Gasteiger charge is -2.35. The average Bonchev–Trinajstić information content (AvgIpc) is 3.21. The van der Waals surface area contributed by atoms with E-state index in [-0.39, 0.29) is 30.5 Å². The molecule has 6 nitrogen and oxygen atoms in total. The largest absolute Gasteiger partial charge is 0.459 e. The number of piperidine rings is 1. The van der Waals surface area contributed by atoms with Gasteiger partial charge in [-0.2, -0.15) is 0 Å². The molecule has 0 spiro atoms. The van der Waals surface area contributed by atoms with Crippen LogP contribution in [0.15, 0.2) is 47.1 Å². The molecule has 2 aromatic rings. The molecule has 1 aliphatic rings. The van der Waals surface area contributed by atoms with E-state index < -0.39 is 0 Å². The fraction of sp³-hybridized carbons (Fsp3) is 0.478. The van der Waals surface area contributed by atoms with Gasteiger partial charge in [0, 0.05) is 39.1 Å². The zero-order valence-electron chi connectivity index (χ0n) is 17.3. The van der Waals surface area contributed by atoms with Crippen molar-refractivity contribution < 1.29 is 14.0 Å². The molecule has 1 fully saturated rings. The molecule has 6 heteroatoms. The standard InChI is InChI=1S/C23H31N3O3/c1-17-12-18(2)15-26(14-17)16-20-7-4-3-6-19(20)13-25-22(27)9-10-24-23(28)21-8-5-11-29-21/h3-8,11,17-18H,9-10,12-16H2,1-2H3,(H,24,28)(H,25,27)/t17-,18-/m0/s1. The predicted molar refractivity (Wildman–Crippen MR) is 112 cm³/mol. The Morgan fingerprint density at radius 3 is 2.45 bits per heavy atom. The van der Waals surface area contributed by atoms with E-state index >= 15 is 0 Å². The van der Waals surface area contributed by atoms with Crippen LogP contribution in [0.5, 0.6) is 0 Å². The summed E-state index contributed by atoms with van der Waals surface area (Å²) in [5.41, 5.74) is 2.41. The zero-order chi connectivity index (χ0) is 20.6. The number of benzene rings is 1. The molecular formula is C23H31N3O3. The van der Waals surface area contributed by atoms with E-state index in [0.717, 1.165) is 37.0 Å². The SMILES string of the molecule is C[C@H]1C[C@H](C)CN(Cc2ccccc2CNC(=O)CCNC(=O)c2ccco2)C1. The first-order valence-corrected chi connectivity index (χ1v) is 10.4. The molecule has 0 aliphatic carbocycles. The van der Waals surface area contributed by atoms with Crippen LogP contribution in [0.25, 0.3) is 0 Å². The third-order valence-electron chi connectivity index (χ3n) is 5.32. The van der Waals surface area contributed by atoms with E-state index in [9.17, 15) is 9.59 Å². The number of carbonyl (C=O) groups excluding carboxylic acids is 2. The summed E-state index contributed by atoms with van der Waals surface area (Å²) < 4.78 is 5.03. The van der Waals surface area contributed by atoms with Gasteiger partial charge in [0.1, 0.15) is 0 Å². The van der Waals surface area contributed by atoms with Crippen LogP contribution in [0.1, 0.15) is 48.4 Å². The Labute approximate surface area is 172 Å². The number of hydrogen-bond acceptors (Lipinski definition) is 4. The normalized spacial score (nSPS) is 19.7. The van der Waals surface area contributed by atoms with Crippen molar-refractivity contribution in [3.05, 3.63) is 59.5 Å². The number of likely N-dealkylation sites (tertiary alicyclic amines) is 1. The Balaban J connectivity index is 1.45. The van der Waals surface area contributed by atoms with Gasteiger partial charge in [0.25, 0.3) is 5.91 Å². The highest BCUT2D eigenvalue weighted by molar-refractivity contribution is 5.91. The number of nitrogens with zero attached hydrogens (tertiary/aromatic N) is 1. The number of hydrogen-bond donors (Lipinski definition) is 2. The van der Waals surface area contributed by atoms with E-state index in [4.69, 9.17) is 4.42 Å². The lowest BCUT2D eigenvalue weighted by atomic mass is 9.91. The van der Waals surface area contributed by atoms with Crippen molar-refractivity contribution in [3.8, 4) is 0 Å². The van der Waals surface area contributed by atoms with E-state index in [1.54, 1.807) is 12.1 Å². The van der Waals surface area contributed by atoms with E-state index in [1.165, 1.54) is 18.2 Å². The van der Waals surface area contributed by atoms with E-state index in [0.29, 0.717) is 6.54 Å². The number of carbonyl (C=O) groups is 2. The molecule has 156 valence electrons. The second-order valence-corrected chi connectivity index (χ2v) is 8.17. The molecule has 2 amide bonds. The molecule has 0 radical (unpaired) electrons. The molecular weight excluding hydrogens is 366 g/mol. The maximum Gasteiger partial charge on any atom is 0.286 e. The number of rotatable bonds is 8. The van der Waals surface area contributed by atoms with Gasteiger partial charge in [-0.25, -0.2) is 0 Å². The molecule has 0 unspecified atom stereocenters. The summed E-state index contributed by atoms with van der Waals surface area (Å²) >= 11 is 0. The molecule has 1 saturated heterocycles. The van der Waals surface area contributed by atoms with Crippen molar-refractivity contribution in [2.24, 2.45) is 11.8 Å². The van der Waals surface area contributed by atoms with Crippen LogP contribution in [0.4, 0.5) is 0 Å². The van der Waals surface area contributed by atoms with Crippen LogP contribution in [-0.4, -0.2) is 36.3 Å². The van der Waals surface area contributed by atoms with Gasteiger partial charge in [-0.3, -0.25) is 14.5 Å². The second kappa shape index (κ2) is 10.3. The Morgan fingerprint density at radius 2 is 1.76 bits per heavy atom. The van der Waals surface area contributed by atoms with Gasteiger partial charge in [-0.05, 0) is 41.5 Å². The lowest BCUT2D eigenvalue weighted by molar-refractivity contribution is -0.121. The van der Waals surface area contributed by atoms with Crippen molar-refractivity contribution in [3.63, 3.8) is 0 Å².